The van der Waals surface area contributed by atoms with Crippen LogP contribution in [0, 0.1) is 17.2 Å². The molecule has 0 aromatic carbocycles. The minimum Gasteiger partial charge on any atom is -0.383 e. The third-order valence-electron chi connectivity index (χ3n) is 2.72. The molecule has 112 valence electrons. The molecule has 0 saturated carbocycles. The molecule has 1 aromatic rings. The zero-order valence-corrected chi connectivity index (χ0v) is 11.7. The normalized spacial score (nSPS) is 11.7. The maximum atomic E-state index is 12.2. The molecule has 1 heterocycles. The summed E-state index contributed by atoms with van der Waals surface area (Å²) in [6.45, 7) is 4.16. The van der Waals surface area contributed by atoms with Crippen LogP contribution in [0.4, 0.5) is 24.8 Å². The number of aromatic nitrogens is 2. The van der Waals surface area contributed by atoms with E-state index in [1.54, 1.807) is 0 Å². The van der Waals surface area contributed by atoms with Crippen molar-refractivity contribution in [3.63, 3.8) is 0 Å². The van der Waals surface area contributed by atoms with Crippen LogP contribution in [0.5, 0.6) is 0 Å². The molecule has 0 aliphatic heterocycles. The first kappa shape index (κ1) is 16.1. The number of nitrogen functional groups attached to an aromatic ring is 1. The van der Waals surface area contributed by atoms with Crippen molar-refractivity contribution >= 4 is 11.6 Å². The van der Waals surface area contributed by atoms with Gasteiger partial charge in [-0.15, -0.1) is 0 Å². The second kappa shape index (κ2) is 6.03. The van der Waals surface area contributed by atoms with E-state index in [1.165, 1.54) is 16.6 Å². The van der Waals surface area contributed by atoms with Crippen molar-refractivity contribution in [2.24, 2.45) is 5.92 Å². The molecule has 0 fully saturated rings. The summed E-state index contributed by atoms with van der Waals surface area (Å²) in [6.07, 6.45) is -5.21. The number of halogens is 3. The monoisotopic (exact) mass is 289 g/mol. The first-order valence-electron chi connectivity index (χ1n) is 6.20. The average molecular weight is 289 g/mol. The molecule has 1 rings (SSSR count). The fourth-order valence-corrected chi connectivity index (χ4v) is 1.72. The molecule has 0 atom stereocenters. The van der Waals surface area contributed by atoms with Crippen LogP contribution in [0.1, 0.15) is 25.8 Å². The Bertz CT molecular complexity index is 498. The highest BCUT2D eigenvalue weighted by Gasteiger charge is 2.28. The zero-order chi connectivity index (χ0) is 15.5. The van der Waals surface area contributed by atoms with E-state index >= 15 is 0 Å². The predicted octanol–water partition coefficient (Wildman–Crippen LogP) is 2.38. The van der Waals surface area contributed by atoms with Crippen LogP contribution < -0.4 is 10.6 Å². The molecule has 0 radical (unpaired) electrons. The Morgan fingerprint density at radius 2 is 2.05 bits per heavy atom. The molecule has 0 spiro atoms. The van der Waals surface area contributed by atoms with Gasteiger partial charge < -0.3 is 10.6 Å². The summed E-state index contributed by atoms with van der Waals surface area (Å²) in [5, 5.41) is 13.2. The minimum absolute atomic E-state index is 0.121. The third kappa shape index (κ3) is 4.05. The highest BCUT2D eigenvalue weighted by molar-refractivity contribution is 5.64. The highest BCUT2D eigenvalue weighted by Crippen LogP contribution is 2.26. The van der Waals surface area contributed by atoms with Crippen molar-refractivity contribution in [1.29, 1.82) is 5.26 Å². The van der Waals surface area contributed by atoms with Gasteiger partial charge in [0.15, 0.2) is 5.82 Å². The molecule has 0 bridgehead atoms. The van der Waals surface area contributed by atoms with E-state index in [2.05, 4.69) is 5.10 Å². The lowest BCUT2D eigenvalue weighted by Gasteiger charge is -2.17. The molecule has 0 unspecified atom stereocenters. The standard InChI is InChI=1S/C12H18F3N5/c1-8(2)7-20-10(17)9(6-16)11(18-20)19(3)5-4-12(13,14)15/h8H,4-5,7,17H2,1-3H3. The van der Waals surface area contributed by atoms with Gasteiger partial charge in [0.05, 0.1) is 6.42 Å². The SMILES string of the molecule is CC(C)Cn1nc(N(C)CCC(F)(F)F)c(C#N)c1N. The molecule has 8 heteroatoms. The van der Waals surface area contributed by atoms with Crippen molar-refractivity contribution < 1.29 is 13.2 Å². The minimum atomic E-state index is -4.24. The van der Waals surface area contributed by atoms with Crippen molar-refractivity contribution in [2.45, 2.75) is 33.0 Å². The lowest BCUT2D eigenvalue weighted by molar-refractivity contribution is -0.132. The zero-order valence-electron chi connectivity index (χ0n) is 11.7. The summed E-state index contributed by atoms with van der Waals surface area (Å²) in [7, 11) is 1.47. The van der Waals surface area contributed by atoms with Crippen LogP contribution in [-0.4, -0.2) is 29.5 Å². The quantitative estimate of drug-likeness (QED) is 0.903. The van der Waals surface area contributed by atoms with E-state index in [1.807, 2.05) is 19.9 Å². The first-order valence-corrected chi connectivity index (χ1v) is 6.20. The smallest absolute Gasteiger partial charge is 0.383 e. The summed E-state index contributed by atoms with van der Waals surface area (Å²) in [4.78, 5) is 1.30. The molecule has 5 nitrogen and oxygen atoms in total. The topological polar surface area (TPSA) is 70.9 Å². The summed E-state index contributed by atoms with van der Waals surface area (Å²) >= 11 is 0. The van der Waals surface area contributed by atoms with E-state index < -0.39 is 12.6 Å². The highest BCUT2D eigenvalue weighted by atomic mass is 19.4. The van der Waals surface area contributed by atoms with Crippen molar-refractivity contribution in [1.82, 2.24) is 9.78 Å². The summed E-state index contributed by atoms with van der Waals surface area (Å²) in [5.41, 5.74) is 5.93. The molecule has 0 amide bonds. The Morgan fingerprint density at radius 1 is 1.45 bits per heavy atom. The fourth-order valence-electron chi connectivity index (χ4n) is 1.72. The van der Waals surface area contributed by atoms with Gasteiger partial charge in [-0.2, -0.15) is 23.5 Å². The number of nitrogens with zero attached hydrogens (tertiary/aromatic N) is 4. The van der Waals surface area contributed by atoms with Crippen LogP contribution in [0.3, 0.4) is 0 Å². The van der Waals surface area contributed by atoms with E-state index in [0.717, 1.165) is 0 Å². The van der Waals surface area contributed by atoms with Crippen LogP contribution in [0.2, 0.25) is 0 Å². The van der Waals surface area contributed by atoms with E-state index in [4.69, 9.17) is 11.0 Å². The number of hydrogen-bond donors (Lipinski definition) is 1. The number of nitrogens with two attached hydrogens (primary N) is 1. The van der Waals surface area contributed by atoms with Crippen LogP contribution in [0.15, 0.2) is 0 Å². The van der Waals surface area contributed by atoms with Crippen molar-refractivity contribution in [3.8, 4) is 6.07 Å². The number of alkyl halides is 3. The number of hydrogen-bond acceptors (Lipinski definition) is 4. The van der Waals surface area contributed by atoms with Gasteiger partial charge in [0, 0.05) is 20.1 Å². The lowest BCUT2D eigenvalue weighted by atomic mass is 10.2. The lowest BCUT2D eigenvalue weighted by Crippen LogP contribution is -2.25. The molecular weight excluding hydrogens is 271 g/mol. The van der Waals surface area contributed by atoms with E-state index in [0.29, 0.717) is 6.54 Å². The van der Waals surface area contributed by atoms with Gasteiger partial charge in [0.1, 0.15) is 17.5 Å². The Kier molecular flexibility index (Phi) is 4.87. The summed E-state index contributed by atoms with van der Waals surface area (Å²) < 4.78 is 38.1. The molecule has 0 aliphatic rings. The largest absolute Gasteiger partial charge is 0.390 e. The Morgan fingerprint density at radius 3 is 2.50 bits per heavy atom. The molecule has 20 heavy (non-hydrogen) atoms. The number of rotatable bonds is 5. The fraction of sp³-hybridized carbons (Fsp3) is 0.667. The van der Waals surface area contributed by atoms with Gasteiger partial charge in [-0.05, 0) is 5.92 Å². The van der Waals surface area contributed by atoms with Gasteiger partial charge in [0.25, 0.3) is 0 Å². The molecule has 0 saturated heterocycles. The summed E-state index contributed by atoms with van der Waals surface area (Å²) in [5.74, 6) is 0.641. The van der Waals surface area contributed by atoms with Crippen LogP contribution >= 0.6 is 0 Å². The van der Waals surface area contributed by atoms with Gasteiger partial charge in [-0.25, -0.2) is 4.68 Å². The second-order valence-electron chi connectivity index (χ2n) is 5.06. The van der Waals surface area contributed by atoms with Gasteiger partial charge in [0.2, 0.25) is 0 Å². The predicted molar refractivity (Wildman–Crippen MR) is 70.1 cm³/mol. The Labute approximate surface area is 115 Å². The van der Waals surface area contributed by atoms with Crippen molar-refractivity contribution in [2.75, 3.05) is 24.2 Å². The number of nitriles is 1. The summed E-state index contributed by atoms with van der Waals surface area (Å²) in [6, 6.07) is 1.90. The van der Waals surface area contributed by atoms with E-state index in [-0.39, 0.29) is 29.7 Å². The Balaban J connectivity index is 2.97. The van der Waals surface area contributed by atoms with E-state index in [9.17, 15) is 13.2 Å². The average Bonchev–Trinajstić information content (AvgIpc) is 2.61. The van der Waals surface area contributed by atoms with Crippen molar-refractivity contribution in [3.05, 3.63) is 5.56 Å². The maximum Gasteiger partial charge on any atom is 0.390 e. The second-order valence-corrected chi connectivity index (χ2v) is 5.06. The van der Waals surface area contributed by atoms with Gasteiger partial charge in [-0.1, -0.05) is 13.8 Å². The maximum absolute atomic E-state index is 12.2. The van der Waals surface area contributed by atoms with Crippen LogP contribution in [0.25, 0.3) is 0 Å². The number of anilines is 2. The molecule has 2 N–H and O–H groups in total. The first-order chi connectivity index (χ1) is 9.15. The van der Waals surface area contributed by atoms with Gasteiger partial charge in [-0.3, -0.25) is 0 Å². The third-order valence-corrected chi connectivity index (χ3v) is 2.72. The van der Waals surface area contributed by atoms with Gasteiger partial charge >= 0.3 is 6.18 Å². The molecule has 0 aliphatic carbocycles. The molecular formula is C12H18F3N5. The van der Waals surface area contributed by atoms with Crippen LogP contribution in [-0.2, 0) is 6.54 Å². The molecule has 1 aromatic heterocycles. The Hall–Kier alpha value is -1.91.